The third-order valence-electron chi connectivity index (χ3n) is 2.15. The third-order valence-corrected chi connectivity index (χ3v) is 2.15. The van der Waals surface area contributed by atoms with Crippen LogP contribution >= 0.6 is 0 Å². The van der Waals surface area contributed by atoms with Crippen LogP contribution < -0.4 is 10.1 Å². The van der Waals surface area contributed by atoms with E-state index in [2.05, 4.69) is 10.3 Å². The lowest BCUT2D eigenvalue weighted by Crippen LogP contribution is -2.27. The van der Waals surface area contributed by atoms with E-state index in [1.54, 1.807) is 12.3 Å². The molecular formula is C10H12N2O2. The van der Waals surface area contributed by atoms with Gasteiger partial charge in [0.2, 0.25) is 5.88 Å². The van der Waals surface area contributed by atoms with E-state index < -0.39 is 0 Å². The molecule has 1 aliphatic rings. The molecule has 0 saturated carbocycles. The highest BCUT2D eigenvalue weighted by molar-refractivity contribution is 5.83. The lowest BCUT2D eigenvalue weighted by atomic mass is 10.3. The minimum atomic E-state index is -0.370. The Morgan fingerprint density at radius 3 is 3.00 bits per heavy atom. The van der Waals surface area contributed by atoms with Crippen LogP contribution in [0.4, 0.5) is 0 Å². The van der Waals surface area contributed by atoms with E-state index in [1.807, 2.05) is 13.0 Å². The summed E-state index contributed by atoms with van der Waals surface area (Å²) < 4.78 is 5.42. The number of nitrogens with zero attached hydrogens (tertiary/aromatic N) is 1. The van der Waals surface area contributed by atoms with Gasteiger partial charge in [-0.3, -0.25) is 4.79 Å². The Kier molecular flexibility index (Phi) is 2.35. The van der Waals surface area contributed by atoms with Gasteiger partial charge in [0.15, 0.2) is 6.10 Å². The van der Waals surface area contributed by atoms with Gasteiger partial charge in [-0.05, 0) is 12.5 Å². The maximum Gasteiger partial charge on any atom is 0.261 e. The molecule has 1 aromatic heterocycles. The fourth-order valence-corrected chi connectivity index (χ4v) is 1.35. The monoisotopic (exact) mass is 192 g/mol. The lowest BCUT2D eigenvalue weighted by molar-refractivity contribution is -0.125. The summed E-state index contributed by atoms with van der Waals surface area (Å²) in [5, 5.41) is 2.71. The third kappa shape index (κ3) is 1.84. The number of rotatable bonds is 2. The minimum absolute atomic E-state index is 0.0487. The van der Waals surface area contributed by atoms with Crippen molar-refractivity contribution in [3.63, 3.8) is 0 Å². The quantitative estimate of drug-likeness (QED) is 0.748. The molecule has 1 unspecified atom stereocenters. The summed E-state index contributed by atoms with van der Waals surface area (Å²) in [6.45, 7) is 2.65. The molecule has 0 radical (unpaired) electrons. The fraction of sp³-hybridized carbons (Fsp3) is 0.400. The molecule has 2 heterocycles. The van der Waals surface area contributed by atoms with Gasteiger partial charge in [0.1, 0.15) is 0 Å². The molecule has 74 valence electrons. The molecule has 1 saturated heterocycles. The predicted molar refractivity (Wildman–Crippen MR) is 51.0 cm³/mol. The van der Waals surface area contributed by atoms with Crippen molar-refractivity contribution in [2.75, 3.05) is 6.54 Å². The highest BCUT2D eigenvalue weighted by Gasteiger charge is 2.25. The summed E-state index contributed by atoms with van der Waals surface area (Å²) in [4.78, 5) is 15.3. The van der Waals surface area contributed by atoms with Crippen molar-refractivity contribution in [2.45, 2.75) is 19.4 Å². The highest BCUT2D eigenvalue weighted by atomic mass is 16.5. The Hall–Kier alpha value is -1.58. The Labute approximate surface area is 82.3 Å². The molecule has 0 aliphatic carbocycles. The summed E-state index contributed by atoms with van der Waals surface area (Å²) in [5.74, 6) is 0.463. The molecule has 0 bridgehead atoms. The van der Waals surface area contributed by atoms with Crippen LogP contribution in [0.2, 0.25) is 0 Å². The van der Waals surface area contributed by atoms with Gasteiger partial charge < -0.3 is 10.1 Å². The molecule has 1 fully saturated rings. The maximum absolute atomic E-state index is 11.2. The number of carbonyl (C=O) groups excluding carboxylic acids is 1. The van der Waals surface area contributed by atoms with Crippen molar-refractivity contribution in [2.24, 2.45) is 0 Å². The lowest BCUT2D eigenvalue weighted by Gasteiger charge is -2.09. The summed E-state index contributed by atoms with van der Waals surface area (Å²) in [6.07, 6.45) is 2.07. The van der Waals surface area contributed by atoms with Gasteiger partial charge in [-0.15, -0.1) is 0 Å². The van der Waals surface area contributed by atoms with Crippen molar-refractivity contribution in [1.82, 2.24) is 10.3 Å². The van der Waals surface area contributed by atoms with Crippen LogP contribution in [-0.4, -0.2) is 23.5 Å². The molecule has 1 amide bonds. The Bertz CT molecular complexity index is 334. The number of nitrogens with one attached hydrogen (secondary N) is 1. The molecule has 0 aromatic carbocycles. The zero-order valence-corrected chi connectivity index (χ0v) is 7.99. The largest absolute Gasteiger partial charge is 0.464 e. The Morgan fingerprint density at radius 1 is 1.57 bits per heavy atom. The second-order valence-electron chi connectivity index (χ2n) is 3.36. The molecule has 1 N–H and O–H groups in total. The van der Waals surface area contributed by atoms with Gasteiger partial charge in [0.05, 0.1) is 0 Å². The molecule has 1 atom stereocenters. The van der Waals surface area contributed by atoms with Crippen molar-refractivity contribution < 1.29 is 9.53 Å². The molecule has 4 heteroatoms. The van der Waals surface area contributed by atoms with Gasteiger partial charge in [0, 0.05) is 25.2 Å². The SMILES string of the molecule is Cc1ccc(OC2CCNC2=O)nc1. The van der Waals surface area contributed by atoms with Crippen molar-refractivity contribution in [3.05, 3.63) is 23.9 Å². The molecule has 14 heavy (non-hydrogen) atoms. The number of aryl methyl sites for hydroxylation is 1. The predicted octanol–water partition coefficient (Wildman–Crippen LogP) is 0.657. The van der Waals surface area contributed by atoms with E-state index in [0.717, 1.165) is 5.56 Å². The number of pyridine rings is 1. The number of amides is 1. The van der Waals surface area contributed by atoms with Crippen LogP contribution in [0, 0.1) is 6.92 Å². The maximum atomic E-state index is 11.2. The number of hydrogen-bond donors (Lipinski definition) is 1. The molecular weight excluding hydrogens is 180 g/mol. The van der Waals surface area contributed by atoms with Gasteiger partial charge in [-0.25, -0.2) is 4.98 Å². The Morgan fingerprint density at radius 2 is 2.43 bits per heavy atom. The average molecular weight is 192 g/mol. The van der Waals surface area contributed by atoms with Crippen molar-refractivity contribution in [3.8, 4) is 5.88 Å². The molecule has 0 spiro atoms. The standard InChI is InChI=1S/C10H12N2O2/c1-7-2-3-9(12-6-7)14-8-4-5-11-10(8)13/h2-3,6,8H,4-5H2,1H3,(H,11,13). The van der Waals surface area contributed by atoms with Crippen LogP contribution in [0.25, 0.3) is 0 Å². The second-order valence-corrected chi connectivity index (χ2v) is 3.36. The highest BCUT2D eigenvalue weighted by Crippen LogP contribution is 2.12. The Balaban J connectivity index is 2.03. The normalized spacial score (nSPS) is 20.6. The summed E-state index contributed by atoms with van der Waals surface area (Å²) >= 11 is 0. The van der Waals surface area contributed by atoms with Crippen LogP contribution in [0.3, 0.4) is 0 Å². The topological polar surface area (TPSA) is 51.2 Å². The summed E-state index contributed by atoms with van der Waals surface area (Å²) in [6, 6.07) is 3.69. The van der Waals surface area contributed by atoms with Gasteiger partial charge in [-0.1, -0.05) is 6.07 Å². The first-order valence-corrected chi connectivity index (χ1v) is 4.63. The first-order valence-electron chi connectivity index (χ1n) is 4.63. The van der Waals surface area contributed by atoms with E-state index in [1.165, 1.54) is 0 Å². The summed E-state index contributed by atoms with van der Waals surface area (Å²) in [7, 11) is 0. The van der Waals surface area contributed by atoms with Crippen LogP contribution in [0.15, 0.2) is 18.3 Å². The van der Waals surface area contributed by atoms with Gasteiger partial charge in [-0.2, -0.15) is 0 Å². The fourth-order valence-electron chi connectivity index (χ4n) is 1.35. The van der Waals surface area contributed by atoms with Gasteiger partial charge in [0.25, 0.3) is 5.91 Å². The molecule has 1 aromatic rings. The molecule has 1 aliphatic heterocycles. The molecule has 2 rings (SSSR count). The van der Waals surface area contributed by atoms with Crippen LogP contribution in [0.1, 0.15) is 12.0 Å². The van der Waals surface area contributed by atoms with E-state index in [4.69, 9.17) is 4.74 Å². The first-order chi connectivity index (χ1) is 6.75. The van der Waals surface area contributed by atoms with E-state index in [0.29, 0.717) is 18.8 Å². The number of hydrogen-bond acceptors (Lipinski definition) is 3. The first kappa shape index (κ1) is 8.99. The molecule has 4 nitrogen and oxygen atoms in total. The van der Waals surface area contributed by atoms with E-state index in [9.17, 15) is 4.79 Å². The smallest absolute Gasteiger partial charge is 0.261 e. The van der Waals surface area contributed by atoms with Crippen molar-refractivity contribution in [1.29, 1.82) is 0 Å². The minimum Gasteiger partial charge on any atom is -0.464 e. The van der Waals surface area contributed by atoms with Crippen LogP contribution in [0.5, 0.6) is 5.88 Å². The van der Waals surface area contributed by atoms with Crippen molar-refractivity contribution >= 4 is 5.91 Å². The second kappa shape index (κ2) is 3.65. The average Bonchev–Trinajstić information content (AvgIpc) is 2.56. The zero-order chi connectivity index (χ0) is 9.97. The summed E-state index contributed by atoms with van der Waals surface area (Å²) in [5.41, 5.74) is 1.08. The van der Waals surface area contributed by atoms with Crippen LogP contribution in [-0.2, 0) is 4.79 Å². The van der Waals surface area contributed by atoms with E-state index >= 15 is 0 Å². The van der Waals surface area contributed by atoms with Gasteiger partial charge >= 0.3 is 0 Å². The zero-order valence-electron chi connectivity index (χ0n) is 7.99. The number of aromatic nitrogens is 1. The number of carbonyl (C=O) groups is 1. The van der Waals surface area contributed by atoms with E-state index in [-0.39, 0.29) is 12.0 Å². The number of ether oxygens (including phenoxy) is 1.